The average Bonchev–Trinajstić information content (AvgIpc) is 2.81. The van der Waals surface area contributed by atoms with Gasteiger partial charge in [0.1, 0.15) is 0 Å². The van der Waals surface area contributed by atoms with Crippen molar-refractivity contribution in [1.29, 1.82) is 5.26 Å². The van der Waals surface area contributed by atoms with Crippen LogP contribution in [0.25, 0.3) is 0 Å². The number of nitriles is 1. The molecule has 3 rings (SSSR count). The molecule has 0 bridgehead atoms. The van der Waals surface area contributed by atoms with Crippen LogP contribution in [0.5, 0.6) is 0 Å². The lowest BCUT2D eigenvalue weighted by Gasteiger charge is -2.24. The summed E-state index contributed by atoms with van der Waals surface area (Å²) in [5.74, 6) is 0.831. The maximum absolute atomic E-state index is 8.92. The Bertz CT molecular complexity index is 449. The lowest BCUT2D eigenvalue weighted by atomic mass is 9.94. The van der Waals surface area contributed by atoms with Crippen LogP contribution in [0.3, 0.4) is 0 Å². The number of rotatable bonds is 2. The van der Waals surface area contributed by atoms with E-state index in [2.05, 4.69) is 22.4 Å². The summed E-state index contributed by atoms with van der Waals surface area (Å²) >= 11 is 0. The fourth-order valence-electron chi connectivity index (χ4n) is 3.26. The van der Waals surface area contributed by atoms with Gasteiger partial charge in [0.15, 0.2) is 0 Å². The summed E-state index contributed by atoms with van der Waals surface area (Å²) in [6, 6.07) is 10.9. The van der Waals surface area contributed by atoms with Crippen LogP contribution in [0.2, 0.25) is 0 Å². The van der Waals surface area contributed by atoms with Gasteiger partial charge in [-0.1, -0.05) is 12.1 Å². The Balaban J connectivity index is 1.65. The van der Waals surface area contributed by atoms with Gasteiger partial charge in [0.05, 0.1) is 11.6 Å². The first-order valence-electron chi connectivity index (χ1n) is 6.80. The second kappa shape index (κ2) is 5.09. The standard InChI is InChI=1S/C15H19N3/c16-8-12-3-1-4-13(7-12)9-18-10-14-5-2-6-17-15(14)11-18/h1,3-4,7,14-15,17H,2,5-6,9-11H2/t14-,15+/m0/s1. The Labute approximate surface area is 108 Å². The van der Waals surface area contributed by atoms with Crippen molar-refractivity contribution in [2.45, 2.75) is 25.4 Å². The molecule has 1 aromatic rings. The molecule has 2 saturated heterocycles. The molecule has 2 atom stereocenters. The van der Waals surface area contributed by atoms with E-state index < -0.39 is 0 Å². The fourth-order valence-corrected chi connectivity index (χ4v) is 3.26. The minimum absolute atomic E-state index is 0.692. The Morgan fingerprint density at radius 2 is 2.33 bits per heavy atom. The van der Waals surface area contributed by atoms with Crippen molar-refractivity contribution in [1.82, 2.24) is 10.2 Å². The van der Waals surface area contributed by atoms with Crippen molar-refractivity contribution < 1.29 is 0 Å². The van der Waals surface area contributed by atoms with Crippen LogP contribution in [0, 0.1) is 17.2 Å². The van der Waals surface area contributed by atoms with Gasteiger partial charge in [0.25, 0.3) is 0 Å². The summed E-state index contributed by atoms with van der Waals surface area (Å²) < 4.78 is 0. The van der Waals surface area contributed by atoms with E-state index in [1.54, 1.807) is 0 Å². The van der Waals surface area contributed by atoms with E-state index in [-0.39, 0.29) is 0 Å². The van der Waals surface area contributed by atoms with Crippen molar-refractivity contribution in [3.63, 3.8) is 0 Å². The SMILES string of the molecule is N#Cc1cccc(CN2C[C@@H]3CCCN[C@@H]3C2)c1. The zero-order chi connectivity index (χ0) is 12.4. The fraction of sp³-hybridized carbons (Fsp3) is 0.533. The molecule has 0 amide bonds. The van der Waals surface area contributed by atoms with Crippen LogP contribution in [0.4, 0.5) is 0 Å². The third-order valence-electron chi connectivity index (χ3n) is 4.14. The average molecular weight is 241 g/mol. The molecule has 2 heterocycles. The molecular formula is C15H19N3. The number of benzene rings is 1. The summed E-state index contributed by atoms with van der Waals surface area (Å²) in [6.45, 7) is 4.51. The lowest BCUT2D eigenvalue weighted by Crippen LogP contribution is -2.40. The molecule has 1 N–H and O–H groups in total. The van der Waals surface area contributed by atoms with Gasteiger partial charge in [-0.15, -0.1) is 0 Å². The minimum Gasteiger partial charge on any atom is -0.312 e. The van der Waals surface area contributed by atoms with Crippen molar-refractivity contribution in [2.24, 2.45) is 5.92 Å². The molecule has 0 unspecified atom stereocenters. The van der Waals surface area contributed by atoms with Crippen LogP contribution in [-0.2, 0) is 6.54 Å². The topological polar surface area (TPSA) is 39.1 Å². The number of piperidine rings is 1. The molecule has 3 nitrogen and oxygen atoms in total. The van der Waals surface area contributed by atoms with Crippen molar-refractivity contribution in [3.05, 3.63) is 35.4 Å². The molecule has 2 aliphatic rings. The van der Waals surface area contributed by atoms with E-state index >= 15 is 0 Å². The van der Waals surface area contributed by atoms with Gasteiger partial charge in [-0.2, -0.15) is 5.26 Å². The summed E-state index contributed by atoms with van der Waals surface area (Å²) in [5.41, 5.74) is 2.02. The largest absolute Gasteiger partial charge is 0.312 e. The molecule has 94 valence electrons. The van der Waals surface area contributed by atoms with Crippen LogP contribution in [0.15, 0.2) is 24.3 Å². The summed E-state index contributed by atoms with van der Waals surface area (Å²) in [4.78, 5) is 2.52. The normalized spacial score (nSPS) is 27.7. The van der Waals surface area contributed by atoms with Gasteiger partial charge < -0.3 is 5.32 Å². The quantitative estimate of drug-likeness (QED) is 0.857. The summed E-state index contributed by atoms with van der Waals surface area (Å²) in [7, 11) is 0. The second-order valence-corrected chi connectivity index (χ2v) is 5.47. The number of fused-ring (bicyclic) bond motifs is 1. The van der Waals surface area contributed by atoms with Crippen LogP contribution >= 0.6 is 0 Å². The molecular weight excluding hydrogens is 222 g/mol. The van der Waals surface area contributed by atoms with Gasteiger partial charge >= 0.3 is 0 Å². The van der Waals surface area contributed by atoms with Crippen LogP contribution in [-0.4, -0.2) is 30.6 Å². The number of nitrogens with one attached hydrogen (secondary N) is 1. The Hall–Kier alpha value is -1.37. The molecule has 0 spiro atoms. The summed E-state index contributed by atoms with van der Waals surface area (Å²) in [5, 5.41) is 12.5. The molecule has 1 aromatic carbocycles. The van der Waals surface area contributed by atoms with E-state index in [9.17, 15) is 0 Å². The van der Waals surface area contributed by atoms with Crippen molar-refractivity contribution >= 4 is 0 Å². The molecule has 0 radical (unpaired) electrons. The molecule has 18 heavy (non-hydrogen) atoms. The van der Waals surface area contributed by atoms with E-state index in [4.69, 9.17) is 5.26 Å². The maximum atomic E-state index is 8.92. The smallest absolute Gasteiger partial charge is 0.0991 e. The minimum atomic E-state index is 0.692. The van der Waals surface area contributed by atoms with E-state index in [0.29, 0.717) is 6.04 Å². The monoisotopic (exact) mass is 241 g/mol. The highest BCUT2D eigenvalue weighted by atomic mass is 15.2. The third kappa shape index (κ3) is 2.40. The molecule has 0 aromatic heterocycles. The predicted molar refractivity (Wildman–Crippen MR) is 70.9 cm³/mol. The first kappa shape index (κ1) is 11.7. The number of likely N-dealkylation sites (tertiary alicyclic amines) is 1. The van der Waals surface area contributed by atoms with E-state index in [0.717, 1.165) is 24.6 Å². The molecule has 2 aliphatic heterocycles. The number of hydrogen-bond acceptors (Lipinski definition) is 3. The molecule has 0 aliphatic carbocycles. The highest BCUT2D eigenvalue weighted by molar-refractivity contribution is 5.32. The Kier molecular flexibility index (Phi) is 3.31. The first-order chi connectivity index (χ1) is 8.85. The first-order valence-corrected chi connectivity index (χ1v) is 6.80. The van der Waals surface area contributed by atoms with Crippen LogP contribution < -0.4 is 5.32 Å². The van der Waals surface area contributed by atoms with E-state index in [1.807, 2.05) is 18.2 Å². The van der Waals surface area contributed by atoms with Gasteiger partial charge in [0, 0.05) is 25.7 Å². The van der Waals surface area contributed by atoms with Gasteiger partial charge in [0.2, 0.25) is 0 Å². The Morgan fingerprint density at radius 1 is 1.39 bits per heavy atom. The summed E-state index contributed by atoms with van der Waals surface area (Å²) in [6.07, 6.45) is 2.69. The zero-order valence-corrected chi connectivity index (χ0v) is 10.6. The number of hydrogen-bond donors (Lipinski definition) is 1. The third-order valence-corrected chi connectivity index (χ3v) is 4.14. The molecule has 0 saturated carbocycles. The molecule has 3 heteroatoms. The Morgan fingerprint density at radius 3 is 3.17 bits per heavy atom. The maximum Gasteiger partial charge on any atom is 0.0991 e. The highest BCUT2D eigenvalue weighted by Gasteiger charge is 2.33. The van der Waals surface area contributed by atoms with Gasteiger partial charge in [-0.25, -0.2) is 0 Å². The van der Waals surface area contributed by atoms with Crippen molar-refractivity contribution in [3.8, 4) is 6.07 Å². The molecule has 2 fully saturated rings. The van der Waals surface area contributed by atoms with Gasteiger partial charge in [-0.05, 0) is 43.0 Å². The van der Waals surface area contributed by atoms with Crippen molar-refractivity contribution in [2.75, 3.05) is 19.6 Å². The van der Waals surface area contributed by atoms with Crippen LogP contribution in [0.1, 0.15) is 24.0 Å². The predicted octanol–water partition coefficient (Wildman–Crippen LogP) is 1.74. The second-order valence-electron chi connectivity index (χ2n) is 5.47. The zero-order valence-electron chi connectivity index (χ0n) is 10.6. The lowest BCUT2D eigenvalue weighted by molar-refractivity contribution is 0.312. The number of nitrogens with zero attached hydrogens (tertiary/aromatic N) is 2. The van der Waals surface area contributed by atoms with Gasteiger partial charge in [-0.3, -0.25) is 4.90 Å². The highest BCUT2D eigenvalue weighted by Crippen LogP contribution is 2.26. The van der Waals surface area contributed by atoms with E-state index in [1.165, 1.54) is 31.5 Å².